The van der Waals surface area contributed by atoms with Crippen LogP contribution in [0.1, 0.15) is 24.5 Å². The molecule has 0 bridgehead atoms. The molecule has 1 heterocycles. The van der Waals surface area contributed by atoms with Crippen LogP contribution in [0.2, 0.25) is 0 Å². The van der Waals surface area contributed by atoms with Crippen LogP contribution in [0.5, 0.6) is 0 Å². The molecule has 3 rings (SSSR count). The van der Waals surface area contributed by atoms with Crippen molar-refractivity contribution >= 4 is 5.69 Å². The average Bonchev–Trinajstić information content (AvgIpc) is 2.93. The van der Waals surface area contributed by atoms with Crippen molar-refractivity contribution in [3.8, 4) is 0 Å². The van der Waals surface area contributed by atoms with Gasteiger partial charge in [-0.2, -0.15) is 0 Å². The van der Waals surface area contributed by atoms with Gasteiger partial charge in [0.25, 0.3) is 0 Å². The fourth-order valence-electron chi connectivity index (χ4n) is 3.10. The second kappa shape index (κ2) is 6.77. The molecule has 1 saturated heterocycles. The second-order valence-corrected chi connectivity index (χ2v) is 5.99. The smallest absolute Gasteiger partial charge is 0.0376 e. The van der Waals surface area contributed by atoms with Crippen LogP contribution in [0.25, 0.3) is 0 Å². The molecule has 1 aliphatic rings. The van der Waals surface area contributed by atoms with Crippen LogP contribution in [0.4, 0.5) is 5.69 Å². The monoisotopic (exact) mass is 280 g/mol. The van der Waals surface area contributed by atoms with Crippen LogP contribution in [0, 0.1) is 5.92 Å². The third-order valence-electron chi connectivity index (χ3n) is 4.50. The normalized spacial score (nSPS) is 21.4. The van der Waals surface area contributed by atoms with Crippen molar-refractivity contribution in [2.75, 3.05) is 18.4 Å². The topological polar surface area (TPSA) is 24.1 Å². The lowest BCUT2D eigenvalue weighted by atomic mass is 10.0. The van der Waals surface area contributed by atoms with Crippen LogP contribution >= 0.6 is 0 Å². The van der Waals surface area contributed by atoms with Gasteiger partial charge in [-0.05, 0) is 49.4 Å². The Hall–Kier alpha value is -1.80. The molecular weight excluding hydrogens is 256 g/mol. The van der Waals surface area contributed by atoms with Crippen LogP contribution in [0.3, 0.4) is 0 Å². The maximum absolute atomic E-state index is 3.67. The van der Waals surface area contributed by atoms with Gasteiger partial charge in [-0.25, -0.2) is 0 Å². The molecule has 0 radical (unpaired) electrons. The lowest BCUT2D eigenvalue weighted by Gasteiger charge is -2.18. The number of anilines is 1. The van der Waals surface area contributed by atoms with Gasteiger partial charge in [0.15, 0.2) is 0 Å². The molecule has 2 atom stereocenters. The van der Waals surface area contributed by atoms with E-state index in [0.717, 1.165) is 25.4 Å². The van der Waals surface area contributed by atoms with E-state index in [9.17, 15) is 0 Å². The van der Waals surface area contributed by atoms with Crippen molar-refractivity contribution in [2.24, 2.45) is 5.92 Å². The first kappa shape index (κ1) is 14.2. The largest absolute Gasteiger partial charge is 0.384 e. The van der Waals surface area contributed by atoms with E-state index in [2.05, 4.69) is 72.2 Å². The molecule has 2 nitrogen and oxygen atoms in total. The molecule has 2 aromatic rings. The maximum Gasteiger partial charge on any atom is 0.0376 e. The first-order chi connectivity index (χ1) is 10.3. The van der Waals surface area contributed by atoms with Crippen molar-refractivity contribution in [3.05, 3.63) is 65.7 Å². The van der Waals surface area contributed by atoms with Gasteiger partial charge in [0.2, 0.25) is 0 Å². The molecule has 0 aliphatic carbocycles. The number of benzene rings is 2. The van der Waals surface area contributed by atoms with Gasteiger partial charge < -0.3 is 10.6 Å². The van der Waals surface area contributed by atoms with E-state index in [1.807, 2.05) is 0 Å². The Morgan fingerprint density at radius 1 is 1.05 bits per heavy atom. The molecule has 21 heavy (non-hydrogen) atoms. The third-order valence-corrected chi connectivity index (χ3v) is 4.50. The summed E-state index contributed by atoms with van der Waals surface area (Å²) in [5, 5.41) is 7.19. The first-order valence-electron chi connectivity index (χ1n) is 7.92. The van der Waals surface area contributed by atoms with Gasteiger partial charge in [0.05, 0.1) is 0 Å². The zero-order valence-electron chi connectivity index (χ0n) is 12.7. The summed E-state index contributed by atoms with van der Waals surface area (Å²) >= 11 is 0. The van der Waals surface area contributed by atoms with Gasteiger partial charge in [0, 0.05) is 18.3 Å². The highest BCUT2D eigenvalue weighted by atomic mass is 15.0. The molecule has 0 saturated carbocycles. The lowest BCUT2D eigenvalue weighted by molar-refractivity contribution is 0.499. The van der Waals surface area contributed by atoms with E-state index in [1.54, 1.807) is 0 Å². The lowest BCUT2D eigenvalue weighted by Crippen LogP contribution is -2.27. The van der Waals surface area contributed by atoms with Crippen LogP contribution in [-0.4, -0.2) is 19.1 Å². The van der Waals surface area contributed by atoms with Crippen molar-refractivity contribution in [1.29, 1.82) is 0 Å². The number of hydrogen-bond acceptors (Lipinski definition) is 2. The summed E-state index contributed by atoms with van der Waals surface area (Å²) in [6.07, 6.45) is 2.26. The molecular formula is C19H24N2. The number of nitrogens with one attached hydrogen (secondary N) is 2. The minimum absolute atomic E-state index is 0.624. The van der Waals surface area contributed by atoms with Crippen molar-refractivity contribution in [1.82, 2.24) is 5.32 Å². The fraction of sp³-hybridized carbons (Fsp3) is 0.368. The Morgan fingerprint density at radius 2 is 1.81 bits per heavy atom. The molecule has 2 N–H and O–H groups in total. The standard InChI is InChI=1S/C19H24N2/c1-15-18(11-12-20-15)14-21-19-10-6-5-9-17(19)13-16-7-3-2-4-8-16/h2-10,15,18,20-21H,11-14H2,1H3. The minimum Gasteiger partial charge on any atom is -0.384 e. The Labute approximate surface area is 127 Å². The Bertz CT molecular complexity index is 565. The highest BCUT2D eigenvalue weighted by molar-refractivity contribution is 5.52. The predicted molar refractivity (Wildman–Crippen MR) is 89.8 cm³/mol. The van der Waals surface area contributed by atoms with Gasteiger partial charge in [-0.15, -0.1) is 0 Å². The molecule has 1 aliphatic heterocycles. The summed E-state index contributed by atoms with van der Waals surface area (Å²) in [6, 6.07) is 20.0. The Balaban J connectivity index is 1.67. The molecule has 110 valence electrons. The van der Waals surface area contributed by atoms with E-state index in [1.165, 1.54) is 23.2 Å². The molecule has 0 amide bonds. The number of hydrogen-bond donors (Lipinski definition) is 2. The second-order valence-electron chi connectivity index (χ2n) is 5.99. The third kappa shape index (κ3) is 3.64. The maximum atomic E-state index is 3.67. The predicted octanol–water partition coefficient (Wildman–Crippen LogP) is 3.69. The van der Waals surface area contributed by atoms with Gasteiger partial charge >= 0.3 is 0 Å². The Morgan fingerprint density at radius 3 is 2.57 bits per heavy atom. The molecule has 1 fully saturated rings. The zero-order chi connectivity index (χ0) is 14.5. The van der Waals surface area contributed by atoms with Gasteiger partial charge in [0.1, 0.15) is 0 Å². The summed E-state index contributed by atoms with van der Waals surface area (Å²) in [5.41, 5.74) is 4.02. The van der Waals surface area contributed by atoms with Crippen LogP contribution in [0.15, 0.2) is 54.6 Å². The highest BCUT2D eigenvalue weighted by Crippen LogP contribution is 2.21. The van der Waals surface area contributed by atoms with E-state index in [4.69, 9.17) is 0 Å². The van der Waals surface area contributed by atoms with E-state index in [-0.39, 0.29) is 0 Å². The van der Waals surface area contributed by atoms with Gasteiger partial charge in [-0.3, -0.25) is 0 Å². The number of para-hydroxylation sites is 1. The highest BCUT2D eigenvalue weighted by Gasteiger charge is 2.22. The van der Waals surface area contributed by atoms with Crippen LogP contribution in [-0.2, 0) is 6.42 Å². The summed E-state index contributed by atoms with van der Waals surface area (Å²) < 4.78 is 0. The van der Waals surface area contributed by atoms with Crippen molar-refractivity contribution < 1.29 is 0 Å². The summed E-state index contributed by atoms with van der Waals surface area (Å²) in [7, 11) is 0. The minimum atomic E-state index is 0.624. The molecule has 2 heteroatoms. The van der Waals surface area contributed by atoms with Gasteiger partial charge in [-0.1, -0.05) is 48.5 Å². The summed E-state index contributed by atoms with van der Waals surface area (Å²) in [6.45, 7) is 4.49. The Kier molecular flexibility index (Phi) is 4.56. The van der Waals surface area contributed by atoms with E-state index in [0.29, 0.717) is 6.04 Å². The van der Waals surface area contributed by atoms with E-state index >= 15 is 0 Å². The van der Waals surface area contributed by atoms with Crippen molar-refractivity contribution in [3.63, 3.8) is 0 Å². The first-order valence-corrected chi connectivity index (χ1v) is 7.92. The van der Waals surface area contributed by atoms with E-state index < -0.39 is 0 Å². The summed E-state index contributed by atoms with van der Waals surface area (Å²) in [4.78, 5) is 0. The van der Waals surface area contributed by atoms with Crippen LogP contribution < -0.4 is 10.6 Å². The molecule has 0 spiro atoms. The molecule has 2 aromatic carbocycles. The molecule has 2 unspecified atom stereocenters. The zero-order valence-corrected chi connectivity index (χ0v) is 12.7. The quantitative estimate of drug-likeness (QED) is 0.873. The fourth-order valence-corrected chi connectivity index (χ4v) is 3.10. The molecule has 0 aromatic heterocycles. The average molecular weight is 280 g/mol. The number of rotatable bonds is 5. The SMILES string of the molecule is CC1NCCC1CNc1ccccc1Cc1ccccc1. The van der Waals surface area contributed by atoms with Crippen molar-refractivity contribution in [2.45, 2.75) is 25.8 Å². The summed E-state index contributed by atoms with van der Waals surface area (Å²) in [5.74, 6) is 0.731.